The van der Waals surface area contributed by atoms with E-state index in [1.54, 1.807) is 12.1 Å². The molecule has 0 amide bonds. The number of sulfone groups is 1. The normalized spacial score (nSPS) is 21.1. The summed E-state index contributed by atoms with van der Waals surface area (Å²) in [5.74, 6) is 0. The number of ether oxygens (including phenoxy) is 1. The molecule has 2 aliphatic rings. The van der Waals surface area contributed by atoms with Gasteiger partial charge in [-0.3, -0.25) is 0 Å². The third-order valence-corrected chi connectivity index (χ3v) is 6.39. The van der Waals surface area contributed by atoms with Crippen LogP contribution >= 0.6 is 0 Å². The molecule has 0 radical (unpaired) electrons. The molecule has 0 aromatic heterocycles. The van der Waals surface area contributed by atoms with Crippen LogP contribution < -0.4 is 5.32 Å². The fourth-order valence-electron chi connectivity index (χ4n) is 2.77. The molecule has 1 aromatic carbocycles. The van der Waals surface area contributed by atoms with E-state index in [9.17, 15) is 8.42 Å². The van der Waals surface area contributed by atoms with Gasteiger partial charge in [0.25, 0.3) is 0 Å². The number of benzene rings is 1. The van der Waals surface area contributed by atoms with Crippen LogP contribution in [0.1, 0.15) is 5.56 Å². The molecule has 5 nitrogen and oxygen atoms in total. The highest BCUT2D eigenvalue weighted by Gasteiger charge is 2.35. The summed E-state index contributed by atoms with van der Waals surface area (Å²) < 4.78 is 30.2. The first-order valence-electron chi connectivity index (χ1n) is 7.50. The minimum Gasteiger partial charge on any atom is -0.379 e. The van der Waals surface area contributed by atoms with Crippen molar-refractivity contribution in [2.24, 2.45) is 0 Å². The van der Waals surface area contributed by atoms with E-state index >= 15 is 0 Å². The number of hydrogen-bond donors (Lipinski definition) is 1. The van der Waals surface area contributed by atoms with Crippen molar-refractivity contribution in [3.05, 3.63) is 29.8 Å². The Balaban J connectivity index is 1.73. The highest BCUT2D eigenvalue weighted by molar-refractivity contribution is 7.92. The average molecular weight is 310 g/mol. The fourth-order valence-corrected chi connectivity index (χ4v) is 4.49. The zero-order valence-electron chi connectivity index (χ0n) is 12.1. The monoisotopic (exact) mass is 310 g/mol. The van der Waals surface area contributed by atoms with Crippen LogP contribution in [0.15, 0.2) is 29.2 Å². The summed E-state index contributed by atoms with van der Waals surface area (Å²) in [5, 5.41) is 2.96. The highest BCUT2D eigenvalue weighted by Crippen LogP contribution is 2.25. The molecule has 21 heavy (non-hydrogen) atoms. The van der Waals surface area contributed by atoms with Crippen LogP contribution in [0.4, 0.5) is 0 Å². The molecule has 0 unspecified atom stereocenters. The third kappa shape index (κ3) is 3.29. The van der Waals surface area contributed by atoms with Crippen molar-refractivity contribution in [3.8, 4) is 0 Å². The second-order valence-corrected chi connectivity index (χ2v) is 7.85. The van der Waals surface area contributed by atoms with Crippen LogP contribution in [0.2, 0.25) is 0 Å². The van der Waals surface area contributed by atoms with Crippen molar-refractivity contribution < 1.29 is 13.2 Å². The second kappa shape index (κ2) is 6.44. The number of nitrogens with one attached hydrogen (secondary N) is 1. The molecule has 6 heteroatoms. The van der Waals surface area contributed by atoms with Gasteiger partial charge >= 0.3 is 0 Å². The second-order valence-electron chi connectivity index (χ2n) is 5.65. The number of piperazine rings is 1. The first-order valence-corrected chi connectivity index (χ1v) is 9.05. The lowest BCUT2D eigenvalue weighted by Gasteiger charge is -2.28. The van der Waals surface area contributed by atoms with Crippen molar-refractivity contribution in [2.75, 3.05) is 45.9 Å². The molecule has 2 saturated heterocycles. The van der Waals surface area contributed by atoms with Gasteiger partial charge in [0, 0.05) is 32.7 Å². The topological polar surface area (TPSA) is 58.6 Å². The molecule has 1 aromatic rings. The molecule has 2 fully saturated rings. The standard InChI is InChI=1S/C15H22N2O3S/c18-21(19,14-11-20-12-14)15-4-2-1-3-13(15)5-8-17-9-6-16-7-10-17/h1-4,14,16H,5-12H2. The summed E-state index contributed by atoms with van der Waals surface area (Å²) in [4.78, 5) is 2.88. The van der Waals surface area contributed by atoms with E-state index in [0.29, 0.717) is 18.1 Å². The molecule has 0 bridgehead atoms. The molecule has 0 aliphatic carbocycles. The zero-order valence-corrected chi connectivity index (χ0v) is 12.9. The molecule has 2 aliphatic heterocycles. The van der Waals surface area contributed by atoms with Crippen LogP contribution in [-0.4, -0.2) is 64.5 Å². The Bertz CT molecular complexity index is 578. The third-order valence-electron chi connectivity index (χ3n) is 4.23. The summed E-state index contributed by atoms with van der Waals surface area (Å²) in [7, 11) is -3.24. The van der Waals surface area contributed by atoms with E-state index in [1.165, 1.54) is 0 Å². The minimum absolute atomic E-state index is 0.328. The highest BCUT2D eigenvalue weighted by atomic mass is 32.2. The maximum absolute atomic E-state index is 12.6. The van der Waals surface area contributed by atoms with Gasteiger partial charge in [0.2, 0.25) is 0 Å². The van der Waals surface area contributed by atoms with Crippen molar-refractivity contribution in [3.63, 3.8) is 0 Å². The predicted octanol–water partition coefficient (Wildman–Crippen LogP) is 0.307. The van der Waals surface area contributed by atoms with Crippen molar-refractivity contribution in [2.45, 2.75) is 16.6 Å². The minimum atomic E-state index is -3.24. The van der Waals surface area contributed by atoms with Gasteiger partial charge in [0.15, 0.2) is 9.84 Å². The van der Waals surface area contributed by atoms with Gasteiger partial charge in [0.05, 0.1) is 18.1 Å². The number of nitrogens with zero attached hydrogens (tertiary/aromatic N) is 1. The number of rotatable bonds is 5. The Morgan fingerprint density at radius 1 is 1.19 bits per heavy atom. The fraction of sp³-hybridized carbons (Fsp3) is 0.600. The molecular formula is C15H22N2O3S. The van der Waals surface area contributed by atoms with Gasteiger partial charge in [-0.2, -0.15) is 0 Å². The molecule has 116 valence electrons. The molecule has 0 atom stereocenters. The van der Waals surface area contributed by atoms with Crippen molar-refractivity contribution in [1.82, 2.24) is 10.2 Å². The van der Waals surface area contributed by atoms with Crippen molar-refractivity contribution in [1.29, 1.82) is 0 Å². The smallest absolute Gasteiger partial charge is 0.186 e. The van der Waals surface area contributed by atoms with Gasteiger partial charge < -0.3 is 15.0 Å². The Labute approximate surface area is 126 Å². The number of hydrogen-bond acceptors (Lipinski definition) is 5. The van der Waals surface area contributed by atoms with Crippen LogP contribution in [0.25, 0.3) is 0 Å². The predicted molar refractivity (Wildman–Crippen MR) is 81.2 cm³/mol. The lowest BCUT2D eigenvalue weighted by molar-refractivity contribution is 0.0415. The molecule has 1 N–H and O–H groups in total. The summed E-state index contributed by atoms with van der Waals surface area (Å²) in [6.45, 7) is 5.66. The van der Waals surface area contributed by atoms with Gasteiger partial charge in [-0.05, 0) is 18.1 Å². The maximum atomic E-state index is 12.6. The van der Waals surface area contributed by atoms with Crippen LogP contribution in [0, 0.1) is 0 Å². The van der Waals surface area contributed by atoms with E-state index in [0.717, 1.165) is 44.7 Å². The summed E-state index contributed by atoms with van der Waals surface area (Å²) >= 11 is 0. The molecular weight excluding hydrogens is 288 g/mol. The van der Waals surface area contributed by atoms with Crippen LogP contribution in [0.5, 0.6) is 0 Å². The van der Waals surface area contributed by atoms with Crippen LogP contribution in [-0.2, 0) is 21.0 Å². The molecule has 2 heterocycles. The maximum Gasteiger partial charge on any atom is 0.186 e. The van der Waals surface area contributed by atoms with Gasteiger partial charge in [0.1, 0.15) is 5.25 Å². The largest absolute Gasteiger partial charge is 0.379 e. The first-order chi connectivity index (χ1) is 10.2. The average Bonchev–Trinajstić information content (AvgIpc) is 2.44. The Morgan fingerprint density at radius 2 is 1.90 bits per heavy atom. The SMILES string of the molecule is O=S(=O)(c1ccccc1CCN1CCNCC1)C1COC1. The van der Waals surface area contributed by atoms with E-state index < -0.39 is 9.84 Å². The summed E-state index contributed by atoms with van der Waals surface area (Å²) in [6.07, 6.45) is 0.781. The van der Waals surface area contributed by atoms with E-state index in [4.69, 9.17) is 4.74 Å². The van der Waals surface area contributed by atoms with E-state index in [1.807, 2.05) is 12.1 Å². The van der Waals surface area contributed by atoms with Crippen LogP contribution in [0.3, 0.4) is 0 Å². The Kier molecular flexibility index (Phi) is 4.59. The van der Waals surface area contributed by atoms with E-state index in [-0.39, 0.29) is 5.25 Å². The summed E-state index contributed by atoms with van der Waals surface area (Å²) in [6, 6.07) is 7.40. The van der Waals surface area contributed by atoms with E-state index in [2.05, 4.69) is 10.2 Å². The Morgan fingerprint density at radius 3 is 2.57 bits per heavy atom. The van der Waals surface area contributed by atoms with Crippen molar-refractivity contribution >= 4 is 9.84 Å². The Hall–Kier alpha value is -0.950. The van der Waals surface area contributed by atoms with Gasteiger partial charge in [-0.15, -0.1) is 0 Å². The molecule has 0 saturated carbocycles. The summed E-state index contributed by atoms with van der Waals surface area (Å²) in [5.41, 5.74) is 0.933. The lowest BCUT2D eigenvalue weighted by atomic mass is 10.1. The lowest BCUT2D eigenvalue weighted by Crippen LogP contribution is -2.44. The first kappa shape index (κ1) is 15.0. The quantitative estimate of drug-likeness (QED) is 0.848. The van der Waals surface area contributed by atoms with Gasteiger partial charge in [-0.25, -0.2) is 8.42 Å². The molecule has 3 rings (SSSR count). The van der Waals surface area contributed by atoms with Gasteiger partial charge in [-0.1, -0.05) is 18.2 Å². The molecule has 0 spiro atoms. The zero-order chi connectivity index (χ0) is 14.7.